The van der Waals surface area contributed by atoms with E-state index in [1.165, 1.54) is 4.88 Å². The predicted molar refractivity (Wildman–Crippen MR) is 63.4 cm³/mol. The summed E-state index contributed by atoms with van der Waals surface area (Å²) in [5.74, 6) is -0.0431. The first-order valence-corrected chi connectivity index (χ1v) is 5.88. The second kappa shape index (κ2) is 4.49. The van der Waals surface area contributed by atoms with E-state index in [4.69, 9.17) is 0 Å². The van der Waals surface area contributed by atoms with Crippen molar-refractivity contribution in [2.45, 2.75) is 13.0 Å². The summed E-state index contributed by atoms with van der Waals surface area (Å²) in [5.41, 5.74) is 0.519. The number of aromatic nitrogens is 2. The summed E-state index contributed by atoms with van der Waals surface area (Å²) in [5, 5.41) is 8.47. The fourth-order valence-electron chi connectivity index (χ4n) is 1.46. The van der Waals surface area contributed by atoms with Crippen LogP contribution >= 0.6 is 11.3 Å². The minimum Gasteiger partial charge on any atom is -0.333 e. The van der Waals surface area contributed by atoms with Crippen molar-refractivity contribution >= 4 is 17.2 Å². The maximum atomic E-state index is 12.0. The Hall–Kier alpha value is -1.62. The van der Waals surface area contributed by atoms with Crippen LogP contribution in [0.5, 0.6) is 0 Å². The number of carbonyl (C=O) groups excluding carboxylic acids is 1. The monoisotopic (exact) mass is 235 g/mol. The molecule has 1 amide bonds. The number of amides is 1. The lowest BCUT2D eigenvalue weighted by Crippen LogP contribution is -2.29. The molecule has 2 aromatic rings. The average molecular weight is 235 g/mol. The van der Waals surface area contributed by atoms with Gasteiger partial charge in [0.2, 0.25) is 0 Å². The average Bonchev–Trinajstić information content (AvgIpc) is 2.97. The topological polar surface area (TPSA) is 49.0 Å². The van der Waals surface area contributed by atoms with Gasteiger partial charge in [-0.1, -0.05) is 6.07 Å². The summed E-state index contributed by atoms with van der Waals surface area (Å²) in [4.78, 5) is 14.9. The molecule has 5 heteroatoms. The molecule has 2 rings (SSSR count). The number of hydrogen-bond acceptors (Lipinski definition) is 3. The Bertz CT molecular complexity index is 450. The fraction of sp³-hybridized carbons (Fsp3) is 0.273. The van der Waals surface area contributed by atoms with Crippen LogP contribution in [0.1, 0.15) is 28.3 Å². The molecule has 2 aromatic heterocycles. The van der Waals surface area contributed by atoms with Gasteiger partial charge in [0.05, 0.1) is 6.04 Å². The minimum absolute atomic E-state index is 0.0431. The molecule has 0 bridgehead atoms. The summed E-state index contributed by atoms with van der Waals surface area (Å²) < 4.78 is 0. The molecule has 0 aliphatic heterocycles. The lowest BCUT2D eigenvalue weighted by Gasteiger charge is -2.23. The summed E-state index contributed by atoms with van der Waals surface area (Å²) in [6.45, 7) is 2.01. The second-order valence-electron chi connectivity index (χ2n) is 3.58. The van der Waals surface area contributed by atoms with Crippen molar-refractivity contribution < 1.29 is 4.79 Å². The Morgan fingerprint density at radius 3 is 2.94 bits per heavy atom. The Morgan fingerprint density at radius 1 is 1.56 bits per heavy atom. The van der Waals surface area contributed by atoms with Crippen LogP contribution in [0.3, 0.4) is 0 Å². The maximum absolute atomic E-state index is 12.0. The normalized spacial score (nSPS) is 12.4. The molecule has 84 valence electrons. The number of aromatic amines is 1. The van der Waals surface area contributed by atoms with Gasteiger partial charge in [0, 0.05) is 18.1 Å². The molecule has 2 heterocycles. The summed E-state index contributed by atoms with van der Waals surface area (Å²) >= 11 is 1.65. The Morgan fingerprint density at radius 2 is 2.38 bits per heavy atom. The first-order valence-electron chi connectivity index (χ1n) is 5.00. The standard InChI is InChI=1S/C11H13N3OS/c1-8(10-4-3-7-16-10)14(2)11(15)9-5-6-12-13-9/h3-8H,1-2H3,(H,12,13). The molecule has 0 fully saturated rings. The number of hydrogen-bond donors (Lipinski definition) is 1. The van der Waals surface area contributed by atoms with Crippen LogP contribution in [0.25, 0.3) is 0 Å². The van der Waals surface area contributed by atoms with E-state index in [2.05, 4.69) is 10.2 Å². The third kappa shape index (κ3) is 1.99. The first kappa shape index (κ1) is 10.9. The molecule has 1 N–H and O–H groups in total. The van der Waals surface area contributed by atoms with Gasteiger partial charge in [-0.15, -0.1) is 11.3 Å². The molecule has 0 saturated carbocycles. The van der Waals surface area contributed by atoms with Crippen LogP contribution in [0.15, 0.2) is 29.8 Å². The van der Waals surface area contributed by atoms with E-state index in [-0.39, 0.29) is 11.9 Å². The zero-order valence-electron chi connectivity index (χ0n) is 9.18. The maximum Gasteiger partial charge on any atom is 0.272 e. The van der Waals surface area contributed by atoms with Gasteiger partial charge in [0.15, 0.2) is 0 Å². The molecule has 0 saturated heterocycles. The highest BCUT2D eigenvalue weighted by molar-refractivity contribution is 7.10. The van der Waals surface area contributed by atoms with Crippen LogP contribution in [0.2, 0.25) is 0 Å². The third-order valence-electron chi connectivity index (χ3n) is 2.59. The quantitative estimate of drug-likeness (QED) is 0.887. The molecule has 0 aromatic carbocycles. The van der Waals surface area contributed by atoms with Crippen molar-refractivity contribution in [3.8, 4) is 0 Å². The molecule has 4 nitrogen and oxygen atoms in total. The van der Waals surface area contributed by atoms with E-state index in [0.717, 1.165) is 0 Å². The Labute approximate surface area is 97.9 Å². The molecular weight excluding hydrogens is 222 g/mol. The van der Waals surface area contributed by atoms with E-state index in [0.29, 0.717) is 5.69 Å². The summed E-state index contributed by atoms with van der Waals surface area (Å²) in [6, 6.07) is 5.78. The van der Waals surface area contributed by atoms with E-state index in [1.807, 2.05) is 24.4 Å². The number of nitrogens with one attached hydrogen (secondary N) is 1. The van der Waals surface area contributed by atoms with Crippen LogP contribution in [0.4, 0.5) is 0 Å². The molecule has 0 radical (unpaired) electrons. The third-order valence-corrected chi connectivity index (χ3v) is 3.63. The van der Waals surface area contributed by atoms with Gasteiger partial charge in [-0.3, -0.25) is 9.89 Å². The van der Waals surface area contributed by atoms with Gasteiger partial charge in [0.25, 0.3) is 5.91 Å². The molecule has 1 atom stereocenters. The van der Waals surface area contributed by atoms with Crippen LogP contribution < -0.4 is 0 Å². The zero-order chi connectivity index (χ0) is 11.5. The van der Waals surface area contributed by atoms with E-state index < -0.39 is 0 Å². The first-order chi connectivity index (χ1) is 7.70. The van der Waals surface area contributed by atoms with Crippen molar-refractivity contribution in [3.05, 3.63) is 40.3 Å². The van der Waals surface area contributed by atoms with Gasteiger partial charge in [-0.05, 0) is 24.4 Å². The van der Waals surface area contributed by atoms with Crippen molar-refractivity contribution in [2.24, 2.45) is 0 Å². The van der Waals surface area contributed by atoms with Crippen molar-refractivity contribution in [3.63, 3.8) is 0 Å². The highest BCUT2D eigenvalue weighted by Gasteiger charge is 2.20. The van der Waals surface area contributed by atoms with Gasteiger partial charge >= 0.3 is 0 Å². The fourth-order valence-corrected chi connectivity index (χ4v) is 2.29. The highest BCUT2D eigenvalue weighted by atomic mass is 32.1. The highest BCUT2D eigenvalue weighted by Crippen LogP contribution is 2.24. The molecule has 0 aliphatic rings. The smallest absolute Gasteiger partial charge is 0.272 e. The zero-order valence-corrected chi connectivity index (χ0v) is 9.99. The molecule has 0 aliphatic carbocycles. The van der Waals surface area contributed by atoms with Gasteiger partial charge < -0.3 is 4.90 Å². The van der Waals surface area contributed by atoms with Crippen molar-refractivity contribution in [1.29, 1.82) is 0 Å². The van der Waals surface area contributed by atoms with Gasteiger partial charge in [0.1, 0.15) is 5.69 Å². The Kier molecular flexibility index (Phi) is 3.05. The minimum atomic E-state index is -0.0431. The van der Waals surface area contributed by atoms with E-state index in [1.54, 1.807) is 35.5 Å². The number of carbonyl (C=O) groups is 1. The second-order valence-corrected chi connectivity index (χ2v) is 4.56. The molecule has 0 spiro atoms. The van der Waals surface area contributed by atoms with Crippen LogP contribution in [-0.4, -0.2) is 28.1 Å². The molecular formula is C11H13N3OS. The molecule has 16 heavy (non-hydrogen) atoms. The molecule has 1 unspecified atom stereocenters. The number of nitrogens with zero attached hydrogens (tertiary/aromatic N) is 2. The summed E-state index contributed by atoms with van der Waals surface area (Å²) in [6.07, 6.45) is 1.58. The number of H-pyrrole nitrogens is 1. The number of thiophene rings is 1. The van der Waals surface area contributed by atoms with Crippen molar-refractivity contribution in [2.75, 3.05) is 7.05 Å². The predicted octanol–water partition coefficient (Wildman–Crippen LogP) is 2.30. The SMILES string of the molecule is CC(c1cccs1)N(C)C(=O)c1ccn[nH]1. The van der Waals surface area contributed by atoms with E-state index >= 15 is 0 Å². The lowest BCUT2D eigenvalue weighted by atomic mass is 10.2. The van der Waals surface area contributed by atoms with Crippen LogP contribution in [-0.2, 0) is 0 Å². The van der Waals surface area contributed by atoms with Crippen LogP contribution in [0, 0.1) is 0 Å². The van der Waals surface area contributed by atoms with Gasteiger partial charge in [-0.2, -0.15) is 5.10 Å². The van der Waals surface area contributed by atoms with Crippen molar-refractivity contribution in [1.82, 2.24) is 15.1 Å². The number of rotatable bonds is 3. The van der Waals surface area contributed by atoms with E-state index in [9.17, 15) is 4.79 Å². The largest absolute Gasteiger partial charge is 0.333 e. The van der Waals surface area contributed by atoms with Gasteiger partial charge in [-0.25, -0.2) is 0 Å². The summed E-state index contributed by atoms with van der Waals surface area (Å²) in [7, 11) is 1.80. The lowest BCUT2D eigenvalue weighted by molar-refractivity contribution is 0.0739. The Balaban J connectivity index is 2.14.